The minimum atomic E-state index is -0.265. The fourth-order valence-electron chi connectivity index (χ4n) is 4.74. The summed E-state index contributed by atoms with van der Waals surface area (Å²) >= 11 is 1.48. The maximum absolute atomic E-state index is 13.3. The number of hydrogen-bond donors (Lipinski definition) is 1. The minimum Gasteiger partial charge on any atom is -0.493 e. The van der Waals surface area contributed by atoms with E-state index < -0.39 is 0 Å². The molecular formula is C28H28N4O5S. The van der Waals surface area contributed by atoms with Gasteiger partial charge in [0.05, 0.1) is 43.1 Å². The number of pyridine rings is 1. The first-order chi connectivity index (χ1) is 18.5. The van der Waals surface area contributed by atoms with Crippen molar-refractivity contribution in [2.45, 2.75) is 18.8 Å². The molecule has 0 bridgehead atoms. The lowest BCUT2D eigenvalue weighted by molar-refractivity contribution is 0.0708. The number of nitrogens with one attached hydrogen (secondary N) is 1. The second kappa shape index (κ2) is 11.1. The van der Waals surface area contributed by atoms with Gasteiger partial charge in [0.1, 0.15) is 5.69 Å². The van der Waals surface area contributed by atoms with E-state index in [1.54, 1.807) is 23.7 Å². The number of methoxy groups -OCH3 is 3. The molecule has 5 rings (SSSR count). The Morgan fingerprint density at radius 1 is 0.974 bits per heavy atom. The lowest BCUT2D eigenvalue weighted by atomic mass is 9.97. The molecule has 196 valence electrons. The van der Waals surface area contributed by atoms with Crippen molar-refractivity contribution in [3.8, 4) is 17.2 Å². The van der Waals surface area contributed by atoms with Gasteiger partial charge in [0.25, 0.3) is 11.8 Å². The molecule has 1 fully saturated rings. The van der Waals surface area contributed by atoms with Crippen molar-refractivity contribution >= 4 is 39.7 Å². The minimum absolute atomic E-state index is 0.121. The summed E-state index contributed by atoms with van der Waals surface area (Å²) in [6.07, 6.45) is 3.21. The third kappa shape index (κ3) is 4.87. The van der Waals surface area contributed by atoms with Gasteiger partial charge in [-0.1, -0.05) is 18.2 Å². The summed E-state index contributed by atoms with van der Waals surface area (Å²) in [6, 6.07) is 12.9. The zero-order valence-corrected chi connectivity index (χ0v) is 22.2. The maximum atomic E-state index is 13.3. The number of piperidine rings is 1. The van der Waals surface area contributed by atoms with Gasteiger partial charge in [0.2, 0.25) is 5.75 Å². The molecule has 1 saturated heterocycles. The Hall–Kier alpha value is -4.18. The van der Waals surface area contributed by atoms with E-state index in [1.165, 1.54) is 32.7 Å². The number of aromatic nitrogens is 2. The molecule has 1 N–H and O–H groups in total. The fraction of sp³-hybridized carbons (Fsp3) is 0.286. The van der Waals surface area contributed by atoms with Gasteiger partial charge in [-0.3, -0.25) is 14.6 Å². The summed E-state index contributed by atoms with van der Waals surface area (Å²) in [5.41, 5.74) is 2.20. The van der Waals surface area contributed by atoms with Crippen LogP contribution in [0.3, 0.4) is 0 Å². The first kappa shape index (κ1) is 25.5. The van der Waals surface area contributed by atoms with E-state index in [-0.39, 0.29) is 17.7 Å². The average molecular weight is 533 g/mol. The first-order valence-electron chi connectivity index (χ1n) is 12.2. The van der Waals surface area contributed by atoms with Crippen LogP contribution in [0.25, 0.3) is 10.9 Å². The van der Waals surface area contributed by atoms with Crippen LogP contribution in [0.1, 0.15) is 44.6 Å². The molecule has 1 aliphatic heterocycles. The van der Waals surface area contributed by atoms with Gasteiger partial charge < -0.3 is 24.4 Å². The molecular weight excluding hydrogens is 504 g/mol. The molecule has 2 aromatic heterocycles. The van der Waals surface area contributed by atoms with Crippen LogP contribution in [0.15, 0.2) is 54.0 Å². The summed E-state index contributed by atoms with van der Waals surface area (Å²) in [6.45, 7) is 1.15. The third-order valence-electron chi connectivity index (χ3n) is 6.70. The molecule has 0 atom stereocenters. The summed E-state index contributed by atoms with van der Waals surface area (Å²) in [5, 5.41) is 6.59. The Morgan fingerprint density at radius 3 is 2.47 bits per heavy atom. The van der Waals surface area contributed by atoms with E-state index in [2.05, 4.69) is 15.3 Å². The molecule has 2 amide bonds. The molecule has 0 radical (unpaired) electrons. The van der Waals surface area contributed by atoms with Crippen molar-refractivity contribution in [3.05, 3.63) is 70.3 Å². The van der Waals surface area contributed by atoms with Crippen molar-refractivity contribution in [2.75, 3.05) is 39.7 Å². The summed E-state index contributed by atoms with van der Waals surface area (Å²) < 4.78 is 16.3. The Bertz CT molecular complexity index is 1470. The topological polar surface area (TPSA) is 103 Å². The number of hydrogen-bond acceptors (Lipinski definition) is 8. The summed E-state index contributed by atoms with van der Waals surface area (Å²) in [7, 11) is 4.56. The molecule has 1 aliphatic rings. The van der Waals surface area contributed by atoms with Crippen LogP contribution in [0.2, 0.25) is 0 Å². The van der Waals surface area contributed by atoms with Gasteiger partial charge in [-0.25, -0.2) is 4.98 Å². The van der Waals surface area contributed by atoms with E-state index in [1.807, 2.05) is 35.2 Å². The van der Waals surface area contributed by atoms with Crippen LogP contribution in [0, 0.1) is 0 Å². The highest BCUT2D eigenvalue weighted by Crippen LogP contribution is 2.41. The predicted molar refractivity (Wildman–Crippen MR) is 146 cm³/mol. The number of nitrogens with zero attached hydrogens (tertiary/aromatic N) is 3. The molecule has 3 heterocycles. The maximum Gasteiger partial charge on any atom is 0.275 e. The lowest BCUT2D eigenvalue weighted by Crippen LogP contribution is -2.38. The molecule has 2 aromatic carbocycles. The van der Waals surface area contributed by atoms with Gasteiger partial charge in [-0.2, -0.15) is 0 Å². The van der Waals surface area contributed by atoms with E-state index in [0.29, 0.717) is 47.3 Å². The van der Waals surface area contributed by atoms with Crippen LogP contribution in [-0.4, -0.2) is 61.1 Å². The van der Waals surface area contributed by atoms with Crippen LogP contribution in [0.5, 0.6) is 17.2 Å². The zero-order chi connectivity index (χ0) is 26.6. The van der Waals surface area contributed by atoms with E-state index in [4.69, 9.17) is 14.2 Å². The van der Waals surface area contributed by atoms with Crippen LogP contribution in [0.4, 0.5) is 5.69 Å². The monoisotopic (exact) mass is 532 g/mol. The Labute approximate surface area is 224 Å². The molecule has 0 spiro atoms. The van der Waals surface area contributed by atoms with Gasteiger partial charge in [-0.05, 0) is 37.1 Å². The van der Waals surface area contributed by atoms with Crippen LogP contribution < -0.4 is 19.5 Å². The number of rotatable bonds is 7. The van der Waals surface area contributed by atoms with Crippen molar-refractivity contribution < 1.29 is 23.8 Å². The quantitative estimate of drug-likeness (QED) is 0.358. The predicted octanol–water partition coefficient (Wildman–Crippen LogP) is 4.99. The molecule has 0 saturated carbocycles. The Kier molecular flexibility index (Phi) is 7.41. The van der Waals surface area contributed by atoms with E-state index >= 15 is 0 Å². The highest BCUT2D eigenvalue weighted by molar-refractivity contribution is 7.10. The van der Waals surface area contributed by atoms with Crippen molar-refractivity contribution in [3.63, 3.8) is 0 Å². The second-order valence-electron chi connectivity index (χ2n) is 8.85. The van der Waals surface area contributed by atoms with Gasteiger partial charge in [0.15, 0.2) is 11.5 Å². The summed E-state index contributed by atoms with van der Waals surface area (Å²) in [5.74, 6) is 1.04. The number of amides is 2. The van der Waals surface area contributed by atoms with Crippen LogP contribution >= 0.6 is 11.3 Å². The number of benzene rings is 2. The third-order valence-corrected chi connectivity index (χ3v) is 7.71. The van der Waals surface area contributed by atoms with Crippen molar-refractivity contribution in [2.24, 2.45) is 0 Å². The Morgan fingerprint density at radius 2 is 1.74 bits per heavy atom. The molecule has 38 heavy (non-hydrogen) atoms. The number of anilines is 1. The van der Waals surface area contributed by atoms with Gasteiger partial charge in [0, 0.05) is 36.0 Å². The van der Waals surface area contributed by atoms with Crippen LogP contribution in [-0.2, 0) is 0 Å². The molecule has 4 aromatic rings. The SMILES string of the molecule is COc1ccc(C(=O)N2CCC(c3nc(C(=O)Nc4cccc5cccnc45)cs3)CC2)c(OC)c1OC. The van der Waals surface area contributed by atoms with Crippen molar-refractivity contribution in [1.82, 2.24) is 14.9 Å². The standard InChI is InChI=1S/C28H28N4O5S/c1-35-22-10-9-19(24(36-2)25(22)37-3)28(34)32-14-11-18(12-15-32)27-31-21(16-38-27)26(33)30-20-8-4-6-17-7-5-13-29-23(17)20/h4-10,13,16,18H,11-12,14-15H2,1-3H3,(H,30,33). The number of likely N-dealkylation sites (tertiary alicyclic amines) is 1. The molecule has 0 aliphatic carbocycles. The Balaban J connectivity index is 1.24. The zero-order valence-electron chi connectivity index (χ0n) is 21.4. The first-order valence-corrected chi connectivity index (χ1v) is 13.1. The lowest BCUT2D eigenvalue weighted by Gasteiger charge is -2.31. The van der Waals surface area contributed by atoms with Gasteiger partial charge in [-0.15, -0.1) is 11.3 Å². The largest absolute Gasteiger partial charge is 0.493 e. The second-order valence-corrected chi connectivity index (χ2v) is 9.74. The highest BCUT2D eigenvalue weighted by Gasteiger charge is 2.30. The molecule has 0 unspecified atom stereocenters. The number of ether oxygens (including phenoxy) is 3. The average Bonchev–Trinajstić information content (AvgIpc) is 3.47. The number of carbonyl (C=O) groups excluding carboxylic acids is 2. The molecule has 10 heteroatoms. The van der Waals surface area contributed by atoms with E-state index in [9.17, 15) is 9.59 Å². The normalized spacial score (nSPS) is 13.8. The van der Waals surface area contributed by atoms with Gasteiger partial charge >= 0.3 is 0 Å². The van der Waals surface area contributed by atoms with E-state index in [0.717, 1.165) is 28.8 Å². The van der Waals surface area contributed by atoms with Crippen molar-refractivity contribution in [1.29, 1.82) is 0 Å². The highest BCUT2D eigenvalue weighted by atomic mass is 32.1. The fourth-order valence-corrected chi connectivity index (χ4v) is 5.71. The number of thiazole rings is 1. The summed E-state index contributed by atoms with van der Waals surface area (Å²) in [4.78, 5) is 37.1. The molecule has 9 nitrogen and oxygen atoms in total. The number of para-hydroxylation sites is 1. The number of carbonyl (C=O) groups is 2. The number of fused-ring (bicyclic) bond motifs is 1. The smallest absolute Gasteiger partial charge is 0.275 e.